The molecule has 0 aliphatic carbocycles. The summed E-state index contributed by atoms with van der Waals surface area (Å²) >= 11 is 0. The Balaban J connectivity index is 2.19. The van der Waals surface area contributed by atoms with Gasteiger partial charge in [-0.15, -0.1) is 0 Å². The first kappa shape index (κ1) is 2.76. The first-order chi connectivity index (χ1) is 2.41. The van der Waals surface area contributed by atoms with Crippen molar-refractivity contribution in [2.45, 2.75) is 6.82 Å². The maximum atomic E-state index is 6.10. The van der Waals surface area contributed by atoms with Crippen LogP contribution in [0, 0.1) is 0 Å². The third kappa shape index (κ3) is 2.54. The molecule has 0 aliphatic heterocycles. The molecule has 0 aliphatic rings. The second kappa shape index (κ2) is 3.54. The minimum absolute atomic E-state index is 0. The summed E-state index contributed by atoms with van der Waals surface area (Å²) in [6.07, 6.45) is 1.83. The minimum atomic E-state index is 0. The molecule has 23 valence electrons. The molecule has 0 rings (SSSR count). The van der Waals surface area contributed by atoms with E-state index in [0.29, 0.717) is 0 Å². The van der Waals surface area contributed by atoms with Gasteiger partial charge in [-0.2, -0.15) is 0 Å². The molecule has 0 unspecified atom stereocenters. The van der Waals surface area contributed by atoms with Crippen LogP contribution < -0.4 is 0 Å². The summed E-state index contributed by atoms with van der Waals surface area (Å²) < 4.78 is 10.0. The zero-order valence-corrected chi connectivity index (χ0v) is 4.11. The molecule has 0 spiro atoms. The molecule has 1 N–H and O–H groups in total. The first-order valence-electron chi connectivity index (χ1n) is 1.39. The van der Waals surface area contributed by atoms with Crippen molar-refractivity contribution in [3.8, 4) is 0 Å². The van der Waals surface area contributed by atoms with Gasteiger partial charge >= 0.3 is 33.7 Å². The summed E-state index contributed by atoms with van der Waals surface area (Å²) in [6.45, 7) is 1.87. The number of hydrogen-bond donors (Lipinski definition) is 1. The van der Waals surface area contributed by atoms with Gasteiger partial charge in [0.2, 0.25) is 0 Å². The Bertz CT molecular complexity index is 19.1. The Kier molecular flexibility index (Phi) is 2.45. The van der Waals surface area contributed by atoms with Gasteiger partial charge < -0.3 is 0 Å². The molecule has 0 aromatic rings. The van der Waals surface area contributed by atoms with E-state index < -0.39 is 0 Å². The van der Waals surface area contributed by atoms with Crippen LogP contribution >= 0.6 is 0 Å². The SMILES string of the molecule is [2H]O[Se][B]C. The molecule has 0 amide bonds. The van der Waals surface area contributed by atoms with Gasteiger partial charge in [0.15, 0.2) is 0 Å². The second-order valence-electron chi connectivity index (χ2n) is 0.332. The van der Waals surface area contributed by atoms with Crippen molar-refractivity contribution in [2.75, 3.05) is 0 Å². The molecule has 0 fully saturated rings. The fraction of sp³-hybridized carbons (Fsp3) is 1.00. The van der Waals surface area contributed by atoms with E-state index in [1.165, 1.54) is 0 Å². The molecule has 4 heavy (non-hydrogen) atoms. The van der Waals surface area contributed by atoms with Crippen molar-refractivity contribution in [1.82, 2.24) is 0 Å². The third-order valence-electron chi connectivity index (χ3n) is 0.0962. The summed E-state index contributed by atoms with van der Waals surface area (Å²) in [6, 6.07) is 0. The van der Waals surface area contributed by atoms with Crippen molar-refractivity contribution in [3.63, 3.8) is 0 Å². The standard InChI is InChI=1S/CH4BOSe/c1-2-4-3/h3H,1H3/i/hD. The van der Waals surface area contributed by atoms with E-state index >= 15 is 0 Å². The zero-order valence-electron chi connectivity index (χ0n) is 3.39. The van der Waals surface area contributed by atoms with Crippen molar-refractivity contribution >= 4 is 21.2 Å². The third-order valence-corrected chi connectivity index (χ3v) is 0.500. The van der Waals surface area contributed by atoms with Gasteiger partial charge in [-0.1, -0.05) is 0 Å². The van der Waals surface area contributed by atoms with E-state index in [2.05, 4.69) is 4.19 Å². The average Bonchev–Trinajstić information content (AvgIpc) is 1.41. The van der Waals surface area contributed by atoms with Gasteiger partial charge in [-0.3, -0.25) is 0 Å². The van der Waals surface area contributed by atoms with Gasteiger partial charge in [0.1, 0.15) is 0 Å². The predicted molar refractivity (Wildman–Crippen MR) is 19.6 cm³/mol. The maximum absolute atomic E-state index is 6.10. The summed E-state index contributed by atoms with van der Waals surface area (Å²) in [5.74, 6) is 0. The number of hydrogen-bond acceptors (Lipinski definition) is 1. The van der Waals surface area contributed by atoms with Crippen LogP contribution in [0.4, 0.5) is 0 Å². The van der Waals surface area contributed by atoms with Crippen LogP contribution in [0.1, 0.15) is 0 Å². The molecule has 0 atom stereocenters. The van der Waals surface area contributed by atoms with E-state index in [4.69, 9.17) is 1.43 Å². The van der Waals surface area contributed by atoms with Crippen LogP contribution in [0.15, 0.2) is 0 Å². The second-order valence-corrected chi connectivity index (χ2v) is 1.72. The Hall–Kier alpha value is 0.544. The average molecular weight is 123 g/mol. The molecule has 1 radical (unpaired) electrons. The van der Waals surface area contributed by atoms with E-state index in [9.17, 15) is 0 Å². The monoisotopic (exact) mass is 124 g/mol. The van der Waals surface area contributed by atoms with Gasteiger partial charge in [0.05, 0.1) is 0 Å². The van der Waals surface area contributed by atoms with Crippen LogP contribution in [0.2, 0.25) is 6.82 Å². The Morgan fingerprint density at radius 2 is 3.25 bits per heavy atom. The molecule has 0 aromatic carbocycles. The Morgan fingerprint density at radius 1 is 2.50 bits per heavy atom. The van der Waals surface area contributed by atoms with Crippen LogP contribution in [0.3, 0.4) is 0 Å². The van der Waals surface area contributed by atoms with Crippen LogP contribution in [0.5, 0.6) is 0 Å². The van der Waals surface area contributed by atoms with Crippen LogP contribution in [0.25, 0.3) is 0 Å². The Morgan fingerprint density at radius 3 is 3.25 bits per heavy atom. The molecule has 0 heterocycles. The molecule has 0 bridgehead atoms. The van der Waals surface area contributed by atoms with Gasteiger partial charge in [-0.25, -0.2) is 0 Å². The normalized spacial score (nSPS) is 9.75. The molecule has 0 saturated carbocycles. The van der Waals surface area contributed by atoms with E-state index in [1.54, 1.807) is 0 Å². The van der Waals surface area contributed by atoms with Crippen molar-refractivity contribution < 1.29 is 4.19 Å². The van der Waals surface area contributed by atoms with E-state index in [-0.39, 0.29) is 15.1 Å². The quantitative estimate of drug-likeness (QED) is 0.479. The van der Waals surface area contributed by atoms with Gasteiger partial charge in [0.25, 0.3) is 0 Å². The fourth-order valence-corrected chi connectivity index (χ4v) is 0. The number of rotatable bonds is 2. The first-order valence-corrected chi connectivity index (χ1v) is 2.67. The molecule has 1 nitrogen and oxygen atoms in total. The summed E-state index contributed by atoms with van der Waals surface area (Å²) in [7, 11) is 0. The predicted octanol–water partition coefficient (Wildman–Crippen LogP) is -0.735. The van der Waals surface area contributed by atoms with Crippen molar-refractivity contribution in [2.24, 2.45) is 0 Å². The zero-order chi connectivity index (χ0) is 4.12. The van der Waals surface area contributed by atoms with Crippen molar-refractivity contribution in [3.05, 3.63) is 0 Å². The van der Waals surface area contributed by atoms with Crippen LogP contribution in [-0.2, 0) is 0 Å². The van der Waals surface area contributed by atoms with E-state index in [1.807, 2.05) is 12.9 Å². The van der Waals surface area contributed by atoms with Crippen LogP contribution in [-0.4, -0.2) is 26.8 Å². The Labute approximate surface area is 34.5 Å². The molecule has 0 aromatic heterocycles. The molecule has 0 saturated heterocycles. The van der Waals surface area contributed by atoms with Gasteiger partial charge in [0, 0.05) is 0 Å². The summed E-state index contributed by atoms with van der Waals surface area (Å²) in [5.41, 5.74) is 0. The summed E-state index contributed by atoms with van der Waals surface area (Å²) in [4.78, 5) is 0. The van der Waals surface area contributed by atoms with Crippen molar-refractivity contribution in [1.29, 1.82) is 1.43 Å². The van der Waals surface area contributed by atoms with E-state index in [0.717, 1.165) is 0 Å². The van der Waals surface area contributed by atoms with Gasteiger partial charge in [-0.05, 0) is 0 Å². The molecule has 3 heteroatoms. The fourth-order valence-electron chi connectivity index (χ4n) is 0. The summed E-state index contributed by atoms with van der Waals surface area (Å²) in [5, 5.41) is 0. The topological polar surface area (TPSA) is 20.2 Å². The molecular formula is CH4BOSe. The molecular weight excluding hydrogens is 118 g/mol.